The van der Waals surface area contributed by atoms with Crippen LogP contribution in [0, 0.1) is 10.1 Å². The van der Waals surface area contributed by atoms with Crippen LogP contribution in [0.1, 0.15) is 35.9 Å². The van der Waals surface area contributed by atoms with Gasteiger partial charge in [-0.25, -0.2) is 0 Å². The van der Waals surface area contributed by atoms with Gasteiger partial charge in [0, 0.05) is 0 Å². The van der Waals surface area contributed by atoms with Crippen molar-refractivity contribution in [3.8, 4) is 0 Å². The molecule has 0 aliphatic heterocycles. The predicted molar refractivity (Wildman–Crippen MR) is 44.8 cm³/mol. The van der Waals surface area contributed by atoms with E-state index < -0.39 is 4.92 Å². The zero-order chi connectivity index (χ0) is 10.0. The van der Waals surface area contributed by atoms with Crippen LogP contribution in [0.3, 0.4) is 0 Å². The van der Waals surface area contributed by atoms with Gasteiger partial charge in [-0.3, -0.25) is 14.9 Å². The summed E-state index contributed by atoms with van der Waals surface area (Å²) in [5, 5.41) is 10.5. The molecule has 70 valence electrons. The molecule has 0 atom stereocenters. The van der Waals surface area contributed by atoms with E-state index in [2.05, 4.69) is 0 Å². The molecule has 1 aromatic heterocycles. The third kappa shape index (κ3) is 1.74. The van der Waals surface area contributed by atoms with Crippen LogP contribution < -0.4 is 0 Å². The first-order chi connectivity index (χ1) is 6.06. The van der Waals surface area contributed by atoms with Gasteiger partial charge in [0.25, 0.3) is 0 Å². The van der Waals surface area contributed by atoms with Crippen molar-refractivity contribution in [1.82, 2.24) is 0 Å². The van der Waals surface area contributed by atoms with Crippen LogP contribution in [0.25, 0.3) is 0 Å². The van der Waals surface area contributed by atoms with Gasteiger partial charge in [-0.1, -0.05) is 13.8 Å². The zero-order valence-electron chi connectivity index (χ0n) is 7.31. The monoisotopic (exact) mass is 183 g/mol. The quantitative estimate of drug-likeness (QED) is 0.408. The second-order valence-corrected chi connectivity index (χ2v) is 2.94. The van der Waals surface area contributed by atoms with E-state index in [-0.39, 0.29) is 17.6 Å². The molecular formula is C8H9NO4. The topological polar surface area (TPSA) is 73.3 Å². The molecule has 0 spiro atoms. The van der Waals surface area contributed by atoms with Crippen molar-refractivity contribution in [2.75, 3.05) is 0 Å². The number of rotatable bonds is 3. The molecule has 5 heteroatoms. The maximum atomic E-state index is 10.5. The summed E-state index contributed by atoms with van der Waals surface area (Å²) in [4.78, 5) is 20.1. The van der Waals surface area contributed by atoms with Gasteiger partial charge in [-0.15, -0.1) is 0 Å². The summed E-state index contributed by atoms with van der Waals surface area (Å²) in [6, 6.07) is 1.40. The summed E-state index contributed by atoms with van der Waals surface area (Å²) in [6.07, 6.45) is 0.457. The molecule has 1 aromatic rings. The lowest BCUT2D eigenvalue weighted by Gasteiger charge is -1.96. The highest BCUT2D eigenvalue weighted by Gasteiger charge is 2.23. The van der Waals surface area contributed by atoms with Crippen molar-refractivity contribution >= 4 is 12.2 Å². The Kier molecular flexibility index (Phi) is 2.46. The molecular weight excluding hydrogens is 174 g/mol. The number of nitrogens with zero attached hydrogens (tertiary/aromatic N) is 1. The molecule has 13 heavy (non-hydrogen) atoms. The molecule has 0 unspecified atom stereocenters. The minimum absolute atomic E-state index is 0.00426. The van der Waals surface area contributed by atoms with E-state index in [0.717, 1.165) is 0 Å². The molecule has 0 fully saturated rings. The van der Waals surface area contributed by atoms with E-state index in [1.54, 1.807) is 13.8 Å². The zero-order valence-corrected chi connectivity index (χ0v) is 7.31. The second kappa shape index (κ2) is 3.38. The highest BCUT2D eigenvalue weighted by Crippen LogP contribution is 2.28. The standard InChI is InChI=1S/C8H9NO4/c1-5(2)7-3-6(4-10)13-8(7)9(11)12/h3-5H,1-2H3. The van der Waals surface area contributed by atoms with Gasteiger partial charge in [0.1, 0.15) is 4.92 Å². The molecule has 1 rings (SSSR count). The molecule has 0 saturated heterocycles. The summed E-state index contributed by atoms with van der Waals surface area (Å²) in [5.74, 6) is -0.370. The summed E-state index contributed by atoms with van der Waals surface area (Å²) in [5.41, 5.74) is 0.451. The normalized spacial score (nSPS) is 10.4. The average molecular weight is 183 g/mol. The van der Waals surface area contributed by atoms with E-state index in [4.69, 9.17) is 4.42 Å². The van der Waals surface area contributed by atoms with Gasteiger partial charge < -0.3 is 4.42 Å². The number of hydrogen-bond donors (Lipinski definition) is 0. The number of carbonyl (C=O) groups is 1. The predicted octanol–water partition coefficient (Wildman–Crippen LogP) is 2.12. The number of aldehydes is 1. The smallest absolute Gasteiger partial charge is 0.398 e. The SMILES string of the molecule is CC(C)c1cc(C=O)oc1[N+](=O)[O-]. The molecule has 0 aromatic carbocycles. The van der Waals surface area contributed by atoms with Gasteiger partial charge in [-0.2, -0.15) is 0 Å². The fourth-order valence-corrected chi connectivity index (χ4v) is 1.03. The van der Waals surface area contributed by atoms with Crippen LogP contribution in [0.4, 0.5) is 5.88 Å². The minimum Gasteiger partial charge on any atom is -0.398 e. The first-order valence-electron chi connectivity index (χ1n) is 3.79. The number of nitro groups is 1. The summed E-state index contributed by atoms with van der Waals surface area (Å²) >= 11 is 0. The first-order valence-corrected chi connectivity index (χ1v) is 3.79. The average Bonchev–Trinajstić information content (AvgIpc) is 2.47. The van der Waals surface area contributed by atoms with E-state index in [1.807, 2.05) is 0 Å². The highest BCUT2D eigenvalue weighted by atomic mass is 16.6. The fraction of sp³-hybridized carbons (Fsp3) is 0.375. The molecule has 0 saturated carbocycles. The second-order valence-electron chi connectivity index (χ2n) is 2.94. The Labute approximate surface area is 74.5 Å². The Morgan fingerprint density at radius 3 is 2.54 bits per heavy atom. The Morgan fingerprint density at radius 2 is 2.23 bits per heavy atom. The molecule has 0 bridgehead atoms. The van der Waals surface area contributed by atoms with E-state index in [9.17, 15) is 14.9 Å². The Bertz CT molecular complexity index is 340. The van der Waals surface area contributed by atoms with E-state index >= 15 is 0 Å². The summed E-state index contributed by atoms with van der Waals surface area (Å²) in [6.45, 7) is 3.60. The van der Waals surface area contributed by atoms with E-state index in [0.29, 0.717) is 11.8 Å². The van der Waals surface area contributed by atoms with Crippen molar-refractivity contribution in [3.05, 3.63) is 27.5 Å². The third-order valence-corrected chi connectivity index (χ3v) is 1.66. The van der Waals surface area contributed by atoms with Gasteiger partial charge >= 0.3 is 5.88 Å². The molecule has 0 radical (unpaired) electrons. The van der Waals surface area contributed by atoms with Crippen LogP contribution in [-0.4, -0.2) is 11.2 Å². The Morgan fingerprint density at radius 1 is 1.62 bits per heavy atom. The Hall–Kier alpha value is -1.65. The molecule has 5 nitrogen and oxygen atoms in total. The molecule has 0 amide bonds. The van der Waals surface area contributed by atoms with Crippen molar-refractivity contribution < 1.29 is 14.1 Å². The molecule has 0 aliphatic rings. The van der Waals surface area contributed by atoms with Crippen LogP contribution >= 0.6 is 0 Å². The minimum atomic E-state index is -0.623. The highest BCUT2D eigenvalue weighted by molar-refractivity contribution is 5.72. The Balaban J connectivity index is 3.22. The summed E-state index contributed by atoms with van der Waals surface area (Å²) in [7, 11) is 0. The molecule has 1 heterocycles. The summed E-state index contributed by atoms with van der Waals surface area (Å²) < 4.78 is 4.72. The molecule has 0 N–H and O–H groups in total. The van der Waals surface area contributed by atoms with Crippen molar-refractivity contribution in [3.63, 3.8) is 0 Å². The van der Waals surface area contributed by atoms with Crippen LogP contribution in [0.2, 0.25) is 0 Å². The third-order valence-electron chi connectivity index (χ3n) is 1.66. The number of carbonyl (C=O) groups excluding carboxylic acids is 1. The number of hydrogen-bond acceptors (Lipinski definition) is 4. The lowest BCUT2D eigenvalue weighted by molar-refractivity contribution is -0.403. The van der Waals surface area contributed by atoms with Crippen LogP contribution in [-0.2, 0) is 0 Å². The van der Waals surface area contributed by atoms with Crippen LogP contribution in [0.5, 0.6) is 0 Å². The van der Waals surface area contributed by atoms with Crippen molar-refractivity contribution in [1.29, 1.82) is 0 Å². The first kappa shape index (κ1) is 9.44. The largest absolute Gasteiger partial charge is 0.437 e. The maximum Gasteiger partial charge on any atom is 0.437 e. The lowest BCUT2D eigenvalue weighted by atomic mass is 10.1. The van der Waals surface area contributed by atoms with E-state index in [1.165, 1.54) is 6.07 Å². The number of furan rings is 1. The maximum absolute atomic E-state index is 10.5. The van der Waals surface area contributed by atoms with Gasteiger partial charge in [0.05, 0.1) is 5.56 Å². The van der Waals surface area contributed by atoms with Crippen molar-refractivity contribution in [2.24, 2.45) is 0 Å². The van der Waals surface area contributed by atoms with Gasteiger partial charge in [-0.05, 0) is 12.0 Å². The lowest BCUT2D eigenvalue weighted by Crippen LogP contribution is -1.92. The molecule has 0 aliphatic carbocycles. The van der Waals surface area contributed by atoms with Gasteiger partial charge in [0.15, 0.2) is 12.0 Å². The van der Waals surface area contributed by atoms with Gasteiger partial charge in [0.2, 0.25) is 0 Å². The van der Waals surface area contributed by atoms with Crippen molar-refractivity contribution in [2.45, 2.75) is 19.8 Å². The van der Waals surface area contributed by atoms with Crippen LogP contribution in [0.15, 0.2) is 10.5 Å². The fourth-order valence-electron chi connectivity index (χ4n) is 1.03.